The van der Waals surface area contributed by atoms with Gasteiger partial charge < -0.3 is 29.0 Å². The van der Waals surface area contributed by atoms with E-state index in [4.69, 9.17) is 23.7 Å². The van der Waals surface area contributed by atoms with Crippen LogP contribution in [0.5, 0.6) is 0 Å². The molecule has 2 heterocycles. The van der Waals surface area contributed by atoms with Crippen LogP contribution < -0.4 is 5.32 Å². The van der Waals surface area contributed by atoms with E-state index in [9.17, 15) is 9.59 Å². The van der Waals surface area contributed by atoms with Crippen LogP contribution in [0.2, 0.25) is 0 Å². The van der Waals surface area contributed by atoms with Gasteiger partial charge in [0.1, 0.15) is 18.3 Å². The highest BCUT2D eigenvalue weighted by molar-refractivity contribution is 7.78. The molecular weight excluding hydrogens is 376 g/mol. The zero-order chi connectivity index (χ0) is 20.0. The molecule has 0 aromatic carbocycles. The number of nitrogens with zero attached hydrogens (tertiary/aromatic N) is 1. The van der Waals surface area contributed by atoms with E-state index in [2.05, 4.69) is 27.7 Å². The van der Waals surface area contributed by atoms with Crippen molar-refractivity contribution < 1.29 is 33.3 Å². The summed E-state index contributed by atoms with van der Waals surface area (Å²) in [5.74, 6) is -2.37. The molecule has 0 saturated carbocycles. The summed E-state index contributed by atoms with van der Waals surface area (Å²) in [4.78, 5) is 28.0. The maximum absolute atomic E-state index is 12.0. The summed E-state index contributed by atoms with van der Waals surface area (Å²) in [6.07, 6.45) is -0.705. The van der Waals surface area contributed by atoms with Crippen LogP contribution in [-0.4, -0.2) is 67.2 Å². The number of carbonyl (C=O) groups is 2. The molecular formula is C17H24N2O7S. The predicted molar refractivity (Wildman–Crippen MR) is 96.9 cm³/mol. The minimum Gasteiger partial charge on any atom is -0.462 e. The third kappa shape index (κ3) is 5.33. The van der Waals surface area contributed by atoms with E-state index >= 15 is 0 Å². The van der Waals surface area contributed by atoms with Crippen molar-refractivity contribution in [3.63, 3.8) is 0 Å². The molecule has 27 heavy (non-hydrogen) atoms. The minimum atomic E-state index is -0.798. The van der Waals surface area contributed by atoms with Gasteiger partial charge in [0.2, 0.25) is 0 Å². The van der Waals surface area contributed by atoms with Gasteiger partial charge in [-0.3, -0.25) is 0 Å². The van der Waals surface area contributed by atoms with Gasteiger partial charge in [-0.25, -0.2) is 14.6 Å². The van der Waals surface area contributed by atoms with E-state index in [1.807, 2.05) is 0 Å². The second-order valence-electron chi connectivity index (χ2n) is 6.26. The zero-order valence-corrected chi connectivity index (χ0v) is 16.5. The molecule has 2 aliphatic rings. The molecule has 0 unspecified atom stereocenters. The first-order chi connectivity index (χ1) is 12.8. The molecule has 0 aromatic heterocycles. The highest BCUT2D eigenvalue weighted by atomic mass is 32.1. The van der Waals surface area contributed by atoms with E-state index in [1.165, 1.54) is 6.20 Å². The molecule has 10 heteroatoms. The SMILES string of the molecule is CCOC(=O)C(=CN[C@H]1O[C@H](CN=C=S)[C@H]2OC(C)(C)O[C@H]21)C(=O)OCC. The molecule has 0 aromatic rings. The van der Waals surface area contributed by atoms with Crippen molar-refractivity contribution in [3.8, 4) is 0 Å². The summed E-state index contributed by atoms with van der Waals surface area (Å²) < 4.78 is 27.4. The lowest BCUT2D eigenvalue weighted by Gasteiger charge is -2.23. The lowest BCUT2D eigenvalue weighted by molar-refractivity contribution is -0.187. The van der Waals surface area contributed by atoms with E-state index in [1.54, 1.807) is 27.7 Å². The molecule has 150 valence electrons. The van der Waals surface area contributed by atoms with Crippen LogP contribution in [0, 0.1) is 0 Å². The fraction of sp³-hybridized carbons (Fsp3) is 0.706. The Balaban J connectivity index is 2.17. The van der Waals surface area contributed by atoms with Gasteiger partial charge in [0.05, 0.1) is 24.9 Å². The number of fused-ring (bicyclic) bond motifs is 1. The Labute approximate surface area is 163 Å². The lowest BCUT2D eigenvalue weighted by atomic mass is 10.1. The second kappa shape index (κ2) is 9.38. The molecule has 2 saturated heterocycles. The molecule has 0 radical (unpaired) electrons. The molecule has 0 amide bonds. The number of carbonyl (C=O) groups excluding carboxylic acids is 2. The van der Waals surface area contributed by atoms with Crippen molar-refractivity contribution in [2.45, 2.75) is 58.0 Å². The van der Waals surface area contributed by atoms with Crippen LogP contribution in [0.15, 0.2) is 16.8 Å². The summed E-state index contributed by atoms with van der Waals surface area (Å²) in [6, 6.07) is 0. The van der Waals surface area contributed by atoms with Crippen LogP contribution in [0.25, 0.3) is 0 Å². The Kier molecular flexibility index (Phi) is 7.46. The number of nitrogens with one attached hydrogen (secondary N) is 1. The summed E-state index contributed by atoms with van der Waals surface area (Å²) in [5.41, 5.74) is -0.266. The summed E-state index contributed by atoms with van der Waals surface area (Å²) >= 11 is 4.60. The highest BCUT2D eigenvalue weighted by Crippen LogP contribution is 2.38. The number of thiocarbonyl (C=S) groups is 1. The van der Waals surface area contributed by atoms with E-state index in [-0.39, 0.29) is 31.4 Å². The molecule has 0 spiro atoms. The first-order valence-corrected chi connectivity index (χ1v) is 9.09. The van der Waals surface area contributed by atoms with Crippen molar-refractivity contribution >= 4 is 29.3 Å². The standard InChI is InChI=1S/C17H24N2O7S/c1-5-22-15(20)10(16(21)23-6-2)7-19-14-13-12(25-17(3,4)26-13)11(24-14)8-18-9-27/h7,11-14,19H,5-6,8H2,1-4H3/t11-,12-,13-,14+/m1/s1. The topological polar surface area (TPSA) is 105 Å². The quantitative estimate of drug-likeness (QED) is 0.159. The van der Waals surface area contributed by atoms with Crippen molar-refractivity contribution in [2.75, 3.05) is 19.8 Å². The number of rotatable bonds is 8. The molecule has 0 aliphatic carbocycles. The van der Waals surface area contributed by atoms with Gasteiger partial charge in [0, 0.05) is 6.20 Å². The third-order valence-corrected chi connectivity index (χ3v) is 4.00. The van der Waals surface area contributed by atoms with Crippen LogP contribution in [0.1, 0.15) is 27.7 Å². The molecule has 2 fully saturated rings. The average molecular weight is 400 g/mol. The van der Waals surface area contributed by atoms with Gasteiger partial charge >= 0.3 is 11.9 Å². The van der Waals surface area contributed by atoms with Gasteiger partial charge in [-0.05, 0) is 39.9 Å². The molecule has 9 nitrogen and oxygen atoms in total. The zero-order valence-electron chi connectivity index (χ0n) is 15.7. The Morgan fingerprint density at radius 3 is 2.33 bits per heavy atom. The third-order valence-electron chi connectivity index (χ3n) is 3.87. The predicted octanol–water partition coefficient (Wildman–Crippen LogP) is 0.934. The number of hydrogen-bond acceptors (Lipinski definition) is 10. The first kappa shape index (κ1) is 21.5. The molecule has 0 bridgehead atoms. The second-order valence-corrected chi connectivity index (χ2v) is 6.44. The normalized spacial score (nSPS) is 27.9. The Morgan fingerprint density at radius 2 is 1.78 bits per heavy atom. The minimum absolute atomic E-state index is 0.128. The number of isothiocyanates is 1. The summed E-state index contributed by atoms with van der Waals surface area (Å²) in [6.45, 7) is 7.39. The van der Waals surface area contributed by atoms with Gasteiger partial charge in [-0.2, -0.15) is 0 Å². The number of hydrogen-bond donors (Lipinski definition) is 1. The lowest BCUT2D eigenvalue weighted by Crippen LogP contribution is -2.39. The maximum Gasteiger partial charge on any atom is 0.347 e. The summed E-state index contributed by atoms with van der Waals surface area (Å²) in [7, 11) is 0. The van der Waals surface area contributed by atoms with Crippen LogP contribution in [0.3, 0.4) is 0 Å². The summed E-state index contributed by atoms with van der Waals surface area (Å²) in [5, 5.41) is 5.19. The van der Waals surface area contributed by atoms with E-state index < -0.39 is 36.2 Å². The molecule has 1 N–H and O–H groups in total. The van der Waals surface area contributed by atoms with Crippen molar-refractivity contribution in [1.29, 1.82) is 0 Å². The Hall–Kier alpha value is -1.84. The number of esters is 2. The van der Waals surface area contributed by atoms with Gasteiger partial charge in [-0.15, -0.1) is 0 Å². The fourth-order valence-corrected chi connectivity index (χ4v) is 2.95. The fourth-order valence-electron chi connectivity index (χ4n) is 2.87. The molecule has 2 rings (SSSR count). The first-order valence-electron chi connectivity index (χ1n) is 8.68. The number of aliphatic imine (C=N–C) groups is 1. The van der Waals surface area contributed by atoms with Crippen LogP contribution in [-0.2, 0) is 33.3 Å². The van der Waals surface area contributed by atoms with Crippen LogP contribution in [0.4, 0.5) is 0 Å². The van der Waals surface area contributed by atoms with Crippen LogP contribution >= 0.6 is 12.2 Å². The van der Waals surface area contributed by atoms with Crippen molar-refractivity contribution in [3.05, 3.63) is 11.8 Å². The Morgan fingerprint density at radius 1 is 1.19 bits per heavy atom. The molecule has 2 aliphatic heterocycles. The van der Waals surface area contributed by atoms with Gasteiger partial charge in [-0.1, -0.05) is 0 Å². The smallest absolute Gasteiger partial charge is 0.347 e. The van der Waals surface area contributed by atoms with E-state index in [0.29, 0.717) is 0 Å². The monoisotopic (exact) mass is 400 g/mol. The Bertz CT molecular complexity index is 625. The van der Waals surface area contributed by atoms with Crippen molar-refractivity contribution in [2.24, 2.45) is 4.99 Å². The van der Waals surface area contributed by atoms with Crippen molar-refractivity contribution in [1.82, 2.24) is 5.32 Å². The van der Waals surface area contributed by atoms with Gasteiger partial charge in [0.15, 0.2) is 17.6 Å². The highest BCUT2D eigenvalue weighted by Gasteiger charge is 2.55. The maximum atomic E-state index is 12.0. The van der Waals surface area contributed by atoms with Gasteiger partial charge in [0.25, 0.3) is 0 Å². The average Bonchev–Trinajstić information content (AvgIpc) is 3.07. The van der Waals surface area contributed by atoms with E-state index in [0.717, 1.165) is 0 Å². The largest absolute Gasteiger partial charge is 0.462 e. The molecule has 4 atom stereocenters. The number of ether oxygens (including phenoxy) is 5.